The Morgan fingerprint density at radius 3 is 2.73 bits per heavy atom. The Morgan fingerprint density at radius 2 is 1.96 bits per heavy atom. The van der Waals surface area contributed by atoms with Crippen LogP contribution in [-0.2, 0) is 14.2 Å². The van der Waals surface area contributed by atoms with Crippen LogP contribution in [0.15, 0.2) is 12.1 Å². The van der Waals surface area contributed by atoms with Gasteiger partial charge in [0, 0.05) is 31.3 Å². The Morgan fingerprint density at radius 1 is 1.19 bits per heavy atom. The summed E-state index contributed by atoms with van der Waals surface area (Å²) >= 11 is 0. The molecule has 0 radical (unpaired) electrons. The fraction of sp³-hybridized carbons (Fsp3) is 0.684. The lowest BCUT2D eigenvalue weighted by Gasteiger charge is -2.31. The van der Waals surface area contributed by atoms with Crippen molar-refractivity contribution in [1.82, 2.24) is 10.4 Å². The molecule has 7 nitrogen and oxygen atoms in total. The van der Waals surface area contributed by atoms with Crippen LogP contribution in [-0.4, -0.2) is 51.3 Å². The second kappa shape index (κ2) is 8.10. The van der Waals surface area contributed by atoms with Crippen molar-refractivity contribution in [2.75, 3.05) is 40.3 Å². The minimum Gasteiger partial charge on any atom is -0.454 e. The van der Waals surface area contributed by atoms with Gasteiger partial charge in [-0.2, -0.15) is 0 Å². The molecule has 2 saturated heterocycles. The van der Waals surface area contributed by atoms with Gasteiger partial charge in [-0.3, -0.25) is 0 Å². The monoisotopic (exact) mass is 364 g/mol. The van der Waals surface area contributed by atoms with Gasteiger partial charge >= 0.3 is 0 Å². The molecule has 1 aromatic carbocycles. The SMILES string of the molecule is COC[C@@H]1CCCN1N[C@H](C)c1cc2c(cc1C1OCCCO1)OCO2. The number of fused-ring (bicyclic) bond motifs is 1. The average molecular weight is 364 g/mol. The third kappa shape index (κ3) is 3.68. The van der Waals surface area contributed by atoms with Crippen LogP contribution in [0.25, 0.3) is 0 Å². The standard InChI is InChI=1S/C19H28N2O5/c1-13(20-21-6-3-5-14(21)11-22-2)15-9-17-18(26-12-25-17)10-16(15)19-23-7-4-8-24-19/h9-10,13-14,19-20H,3-8,11-12H2,1-2H3/t13-,14+/m1/s1. The smallest absolute Gasteiger partial charge is 0.231 e. The van der Waals surface area contributed by atoms with Crippen LogP contribution in [0, 0.1) is 0 Å². The number of nitrogens with one attached hydrogen (secondary N) is 1. The van der Waals surface area contributed by atoms with Gasteiger partial charge in [-0.25, -0.2) is 10.4 Å². The van der Waals surface area contributed by atoms with E-state index in [2.05, 4.69) is 23.4 Å². The molecule has 0 spiro atoms. The Labute approximate surface area is 154 Å². The largest absolute Gasteiger partial charge is 0.454 e. The van der Waals surface area contributed by atoms with E-state index in [1.807, 2.05) is 6.07 Å². The molecule has 4 rings (SSSR count). The van der Waals surface area contributed by atoms with Gasteiger partial charge in [0.05, 0.1) is 19.8 Å². The van der Waals surface area contributed by atoms with Crippen molar-refractivity contribution in [3.63, 3.8) is 0 Å². The molecule has 1 N–H and O–H groups in total. The number of benzene rings is 1. The third-order valence-corrected chi connectivity index (χ3v) is 5.22. The Balaban J connectivity index is 1.57. The molecule has 0 aliphatic carbocycles. The first-order valence-corrected chi connectivity index (χ1v) is 9.44. The second-order valence-corrected chi connectivity index (χ2v) is 7.06. The molecule has 0 bridgehead atoms. The van der Waals surface area contributed by atoms with Crippen LogP contribution < -0.4 is 14.9 Å². The average Bonchev–Trinajstić information content (AvgIpc) is 3.30. The highest BCUT2D eigenvalue weighted by Gasteiger charge is 2.30. The normalized spacial score (nSPS) is 24.9. The van der Waals surface area contributed by atoms with Crippen molar-refractivity contribution in [3.8, 4) is 11.5 Å². The van der Waals surface area contributed by atoms with E-state index < -0.39 is 0 Å². The van der Waals surface area contributed by atoms with Crippen molar-refractivity contribution in [3.05, 3.63) is 23.3 Å². The van der Waals surface area contributed by atoms with Crippen LogP contribution >= 0.6 is 0 Å². The van der Waals surface area contributed by atoms with Crippen LogP contribution in [0.2, 0.25) is 0 Å². The first-order valence-electron chi connectivity index (χ1n) is 9.44. The summed E-state index contributed by atoms with van der Waals surface area (Å²) in [5.41, 5.74) is 5.77. The van der Waals surface area contributed by atoms with E-state index in [0.29, 0.717) is 19.3 Å². The fourth-order valence-corrected chi connectivity index (χ4v) is 3.91. The van der Waals surface area contributed by atoms with E-state index in [4.69, 9.17) is 23.7 Å². The molecule has 0 aromatic heterocycles. The van der Waals surface area contributed by atoms with Gasteiger partial charge in [0.2, 0.25) is 6.79 Å². The van der Waals surface area contributed by atoms with Crippen LogP contribution in [0.1, 0.15) is 49.6 Å². The summed E-state index contributed by atoms with van der Waals surface area (Å²) in [4.78, 5) is 0. The predicted molar refractivity (Wildman–Crippen MR) is 95.0 cm³/mol. The maximum Gasteiger partial charge on any atom is 0.231 e. The zero-order valence-corrected chi connectivity index (χ0v) is 15.5. The minimum absolute atomic E-state index is 0.0890. The summed E-state index contributed by atoms with van der Waals surface area (Å²) in [7, 11) is 1.76. The molecule has 3 heterocycles. The zero-order valence-electron chi connectivity index (χ0n) is 15.5. The highest BCUT2D eigenvalue weighted by molar-refractivity contribution is 5.50. The molecule has 3 aliphatic rings. The van der Waals surface area contributed by atoms with E-state index in [-0.39, 0.29) is 19.1 Å². The topological polar surface area (TPSA) is 61.4 Å². The van der Waals surface area contributed by atoms with Crippen molar-refractivity contribution in [2.45, 2.75) is 44.6 Å². The van der Waals surface area contributed by atoms with Gasteiger partial charge in [0.15, 0.2) is 17.8 Å². The third-order valence-electron chi connectivity index (χ3n) is 5.22. The quantitative estimate of drug-likeness (QED) is 0.832. The number of methoxy groups -OCH3 is 1. The highest BCUT2D eigenvalue weighted by atomic mass is 16.7. The van der Waals surface area contributed by atoms with Gasteiger partial charge in [-0.15, -0.1) is 0 Å². The summed E-state index contributed by atoms with van der Waals surface area (Å²) in [6.45, 7) is 5.60. The molecule has 0 saturated carbocycles. The van der Waals surface area contributed by atoms with E-state index >= 15 is 0 Å². The van der Waals surface area contributed by atoms with Crippen LogP contribution in [0.5, 0.6) is 11.5 Å². The molecule has 0 unspecified atom stereocenters. The zero-order chi connectivity index (χ0) is 17.9. The second-order valence-electron chi connectivity index (χ2n) is 7.06. The number of hydrogen-bond donors (Lipinski definition) is 1. The minimum atomic E-state index is -0.356. The fourth-order valence-electron chi connectivity index (χ4n) is 3.91. The first-order chi connectivity index (χ1) is 12.8. The van der Waals surface area contributed by atoms with Crippen molar-refractivity contribution in [1.29, 1.82) is 0 Å². The summed E-state index contributed by atoms with van der Waals surface area (Å²) in [6, 6.07) is 4.55. The van der Waals surface area contributed by atoms with Gasteiger partial charge < -0.3 is 23.7 Å². The molecule has 2 atom stereocenters. The molecule has 7 heteroatoms. The molecule has 0 amide bonds. The van der Waals surface area contributed by atoms with Crippen LogP contribution in [0.4, 0.5) is 0 Å². The van der Waals surface area contributed by atoms with Gasteiger partial charge in [-0.1, -0.05) is 0 Å². The molecule has 26 heavy (non-hydrogen) atoms. The van der Waals surface area contributed by atoms with E-state index in [1.165, 1.54) is 6.42 Å². The number of rotatable bonds is 6. The summed E-state index contributed by atoms with van der Waals surface area (Å²) in [5, 5.41) is 2.30. The highest BCUT2D eigenvalue weighted by Crippen LogP contribution is 2.40. The van der Waals surface area contributed by atoms with E-state index in [9.17, 15) is 0 Å². The van der Waals surface area contributed by atoms with E-state index in [0.717, 1.165) is 48.6 Å². The van der Waals surface area contributed by atoms with Crippen molar-refractivity contribution in [2.24, 2.45) is 0 Å². The Kier molecular flexibility index (Phi) is 5.61. The summed E-state index contributed by atoms with van der Waals surface area (Å²) < 4.78 is 28.3. The molecule has 3 aliphatic heterocycles. The maximum atomic E-state index is 5.86. The summed E-state index contributed by atoms with van der Waals surface area (Å²) in [6.07, 6.45) is 2.90. The Bertz CT molecular complexity index is 620. The molecule has 144 valence electrons. The number of ether oxygens (including phenoxy) is 5. The van der Waals surface area contributed by atoms with Crippen molar-refractivity contribution < 1.29 is 23.7 Å². The maximum absolute atomic E-state index is 5.86. The predicted octanol–water partition coefficient (Wildman–Crippen LogP) is 2.53. The number of hydrogen-bond acceptors (Lipinski definition) is 7. The molecular formula is C19H28N2O5. The van der Waals surface area contributed by atoms with Crippen molar-refractivity contribution >= 4 is 0 Å². The Hall–Kier alpha value is -1.38. The lowest BCUT2D eigenvalue weighted by atomic mass is 9.99. The summed E-state index contributed by atoms with van der Waals surface area (Å²) in [5.74, 6) is 1.54. The molecule has 1 aromatic rings. The number of hydrazine groups is 1. The lowest BCUT2D eigenvalue weighted by Crippen LogP contribution is -2.45. The number of nitrogens with zero attached hydrogens (tertiary/aromatic N) is 1. The van der Waals surface area contributed by atoms with Gasteiger partial charge in [0.25, 0.3) is 0 Å². The van der Waals surface area contributed by atoms with Gasteiger partial charge in [-0.05, 0) is 43.9 Å². The van der Waals surface area contributed by atoms with Crippen LogP contribution in [0.3, 0.4) is 0 Å². The van der Waals surface area contributed by atoms with E-state index in [1.54, 1.807) is 7.11 Å². The molecular weight excluding hydrogens is 336 g/mol. The lowest BCUT2D eigenvalue weighted by molar-refractivity contribution is -0.183. The molecule has 2 fully saturated rings. The first kappa shape index (κ1) is 18.0. The van der Waals surface area contributed by atoms with Gasteiger partial charge in [0.1, 0.15) is 0 Å².